The van der Waals surface area contributed by atoms with Crippen LogP contribution in [0.5, 0.6) is 11.5 Å². The Balaban J connectivity index is 1.94. The molecule has 2 N–H and O–H groups in total. The van der Waals surface area contributed by atoms with Crippen molar-refractivity contribution in [1.82, 2.24) is 10.3 Å². The zero-order chi connectivity index (χ0) is 13.9. The maximum atomic E-state index is 6.06. The summed E-state index contributed by atoms with van der Waals surface area (Å²) < 4.78 is 5.98. The quantitative estimate of drug-likeness (QED) is 0.749. The van der Waals surface area contributed by atoms with Gasteiger partial charge >= 0.3 is 0 Å². The molecule has 4 heteroatoms. The van der Waals surface area contributed by atoms with Gasteiger partial charge in [-0.05, 0) is 43.4 Å². The van der Waals surface area contributed by atoms with Crippen LogP contribution in [0.4, 0.5) is 0 Å². The molecule has 0 aliphatic heterocycles. The van der Waals surface area contributed by atoms with Gasteiger partial charge < -0.3 is 15.0 Å². The number of hydrogen-bond donors (Lipinski definition) is 2. The van der Waals surface area contributed by atoms with Gasteiger partial charge in [0.2, 0.25) is 0 Å². The van der Waals surface area contributed by atoms with Crippen LogP contribution in [0.15, 0.2) is 48.7 Å². The molecule has 0 aliphatic carbocycles. The fourth-order valence-corrected chi connectivity index (χ4v) is 2.34. The van der Waals surface area contributed by atoms with Gasteiger partial charge in [-0.2, -0.15) is 0 Å². The van der Waals surface area contributed by atoms with E-state index in [2.05, 4.69) is 10.3 Å². The number of ether oxygens (including phenoxy) is 1. The first-order valence-corrected chi connectivity index (χ1v) is 6.82. The minimum Gasteiger partial charge on any atom is -0.457 e. The molecule has 0 fully saturated rings. The first-order chi connectivity index (χ1) is 9.76. The van der Waals surface area contributed by atoms with Crippen LogP contribution in [-0.4, -0.2) is 12.0 Å². The second kappa shape index (κ2) is 5.57. The Bertz CT molecular complexity index is 736. The van der Waals surface area contributed by atoms with Gasteiger partial charge in [0, 0.05) is 34.2 Å². The Kier molecular flexibility index (Phi) is 3.63. The summed E-state index contributed by atoms with van der Waals surface area (Å²) in [4.78, 5) is 3.16. The Morgan fingerprint density at radius 3 is 2.90 bits per heavy atom. The average Bonchev–Trinajstić information content (AvgIpc) is 2.89. The zero-order valence-corrected chi connectivity index (χ0v) is 11.9. The van der Waals surface area contributed by atoms with E-state index in [0.29, 0.717) is 5.02 Å². The highest BCUT2D eigenvalue weighted by Gasteiger charge is 2.06. The SMILES string of the molecule is CNCc1ccc(Cl)cc1Oc1ccc2[nH]ccc2c1. The lowest BCUT2D eigenvalue weighted by Gasteiger charge is -2.11. The molecule has 3 nitrogen and oxygen atoms in total. The van der Waals surface area contributed by atoms with Crippen LogP contribution >= 0.6 is 11.6 Å². The van der Waals surface area contributed by atoms with Crippen LogP contribution in [-0.2, 0) is 6.54 Å². The molecule has 0 spiro atoms. The number of benzene rings is 2. The normalized spacial score (nSPS) is 10.9. The molecule has 0 aliphatic rings. The van der Waals surface area contributed by atoms with Crippen molar-refractivity contribution in [2.75, 3.05) is 7.05 Å². The van der Waals surface area contributed by atoms with Crippen molar-refractivity contribution in [2.24, 2.45) is 0 Å². The van der Waals surface area contributed by atoms with Crippen molar-refractivity contribution in [3.05, 3.63) is 59.2 Å². The number of halogens is 1. The lowest BCUT2D eigenvalue weighted by Crippen LogP contribution is -2.06. The molecule has 0 unspecified atom stereocenters. The Hall–Kier alpha value is -1.97. The predicted octanol–water partition coefficient (Wildman–Crippen LogP) is 4.33. The summed E-state index contributed by atoms with van der Waals surface area (Å²) in [6.45, 7) is 0.735. The first kappa shape index (κ1) is 13.0. The van der Waals surface area contributed by atoms with Gasteiger partial charge in [0.1, 0.15) is 11.5 Å². The highest BCUT2D eigenvalue weighted by molar-refractivity contribution is 6.30. The standard InChI is InChI=1S/C16H15ClN2O/c1-18-10-12-2-3-13(17)9-16(12)20-14-4-5-15-11(8-14)6-7-19-15/h2-9,18-19H,10H2,1H3. The van der Waals surface area contributed by atoms with E-state index in [0.717, 1.165) is 34.5 Å². The van der Waals surface area contributed by atoms with E-state index < -0.39 is 0 Å². The van der Waals surface area contributed by atoms with Crippen LogP contribution < -0.4 is 10.1 Å². The van der Waals surface area contributed by atoms with Crippen LogP contribution in [0.1, 0.15) is 5.56 Å². The molecule has 20 heavy (non-hydrogen) atoms. The Morgan fingerprint density at radius 1 is 1.15 bits per heavy atom. The van der Waals surface area contributed by atoms with Crippen LogP contribution in [0.25, 0.3) is 10.9 Å². The first-order valence-electron chi connectivity index (χ1n) is 6.44. The lowest BCUT2D eigenvalue weighted by molar-refractivity contribution is 0.475. The third-order valence-electron chi connectivity index (χ3n) is 3.15. The summed E-state index contributed by atoms with van der Waals surface area (Å²) in [5, 5.41) is 4.92. The zero-order valence-electron chi connectivity index (χ0n) is 11.1. The van der Waals surface area contributed by atoms with E-state index in [1.807, 2.05) is 55.7 Å². The Morgan fingerprint density at radius 2 is 2.05 bits per heavy atom. The summed E-state index contributed by atoms with van der Waals surface area (Å²) >= 11 is 6.06. The summed E-state index contributed by atoms with van der Waals surface area (Å²) in [6.07, 6.45) is 1.92. The topological polar surface area (TPSA) is 37.0 Å². The molecule has 1 heterocycles. The van der Waals surface area contributed by atoms with Gasteiger partial charge in [-0.1, -0.05) is 17.7 Å². The van der Waals surface area contributed by atoms with E-state index in [9.17, 15) is 0 Å². The number of rotatable bonds is 4. The van der Waals surface area contributed by atoms with Gasteiger partial charge in [-0.25, -0.2) is 0 Å². The van der Waals surface area contributed by atoms with E-state index in [1.165, 1.54) is 0 Å². The molecular formula is C16H15ClN2O. The maximum absolute atomic E-state index is 6.06. The molecule has 3 aromatic rings. The smallest absolute Gasteiger partial charge is 0.133 e. The van der Waals surface area contributed by atoms with Crippen LogP contribution in [0.2, 0.25) is 5.02 Å². The highest BCUT2D eigenvalue weighted by Crippen LogP contribution is 2.30. The molecule has 102 valence electrons. The maximum Gasteiger partial charge on any atom is 0.133 e. The molecule has 3 rings (SSSR count). The molecule has 2 aromatic carbocycles. The fraction of sp³-hybridized carbons (Fsp3) is 0.125. The van der Waals surface area contributed by atoms with Gasteiger partial charge in [0.15, 0.2) is 0 Å². The van der Waals surface area contributed by atoms with Crippen molar-refractivity contribution in [2.45, 2.75) is 6.54 Å². The van der Waals surface area contributed by atoms with Gasteiger partial charge in [0.25, 0.3) is 0 Å². The minimum atomic E-state index is 0.669. The number of hydrogen-bond acceptors (Lipinski definition) is 2. The molecule has 0 amide bonds. The number of nitrogens with one attached hydrogen (secondary N) is 2. The lowest BCUT2D eigenvalue weighted by atomic mass is 10.2. The second-order valence-electron chi connectivity index (χ2n) is 4.61. The average molecular weight is 287 g/mol. The fourth-order valence-electron chi connectivity index (χ4n) is 2.18. The van der Waals surface area contributed by atoms with Gasteiger partial charge in [-0.3, -0.25) is 0 Å². The van der Waals surface area contributed by atoms with Crippen molar-refractivity contribution >= 4 is 22.5 Å². The van der Waals surface area contributed by atoms with E-state index >= 15 is 0 Å². The second-order valence-corrected chi connectivity index (χ2v) is 5.05. The van der Waals surface area contributed by atoms with Crippen molar-refractivity contribution in [1.29, 1.82) is 0 Å². The van der Waals surface area contributed by atoms with Gasteiger partial charge in [-0.15, -0.1) is 0 Å². The Labute approximate surface area is 122 Å². The third kappa shape index (κ3) is 2.64. The molecule has 0 saturated carbocycles. The number of aromatic nitrogens is 1. The van der Waals surface area contributed by atoms with E-state index in [-0.39, 0.29) is 0 Å². The molecular weight excluding hydrogens is 272 g/mol. The van der Waals surface area contributed by atoms with Crippen molar-refractivity contribution in [3.63, 3.8) is 0 Å². The summed E-state index contributed by atoms with van der Waals surface area (Å²) in [5.41, 5.74) is 2.17. The van der Waals surface area contributed by atoms with E-state index in [4.69, 9.17) is 16.3 Å². The van der Waals surface area contributed by atoms with Crippen LogP contribution in [0.3, 0.4) is 0 Å². The third-order valence-corrected chi connectivity index (χ3v) is 3.38. The highest BCUT2D eigenvalue weighted by atomic mass is 35.5. The van der Waals surface area contributed by atoms with Crippen molar-refractivity contribution in [3.8, 4) is 11.5 Å². The largest absolute Gasteiger partial charge is 0.457 e. The van der Waals surface area contributed by atoms with Crippen LogP contribution in [0, 0.1) is 0 Å². The van der Waals surface area contributed by atoms with Gasteiger partial charge in [0.05, 0.1) is 0 Å². The number of H-pyrrole nitrogens is 1. The monoisotopic (exact) mass is 286 g/mol. The molecule has 0 bridgehead atoms. The van der Waals surface area contributed by atoms with E-state index in [1.54, 1.807) is 0 Å². The number of aromatic amines is 1. The predicted molar refractivity (Wildman–Crippen MR) is 82.6 cm³/mol. The molecule has 1 aromatic heterocycles. The molecule has 0 atom stereocenters. The minimum absolute atomic E-state index is 0.669. The summed E-state index contributed by atoms with van der Waals surface area (Å²) in [7, 11) is 1.91. The molecule has 0 radical (unpaired) electrons. The van der Waals surface area contributed by atoms with Crippen molar-refractivity contribution < 1.29 is 4.74 Å². The summed E-state index contributed by atoms with van der Waals surface area (Å²) in [5.74, 6) is 1.58. The summed E-state index contributed by atoms with van der Waals surface area (Å²) in [6, 6.07) is 13.7. The number of fused-ring (bicyclic) bond motifs is 1. The molecule has 0 saturated heterocycles.